The molecule has 0 radical (unpaired) electrons. The monoisotopic (exact) mass is 227 g/mol. The lowest BCUT2D eigenvalue weighted by atomic mass is 9.92. The number of likely N-dealkylation sites (N-methyl/N-ethyl adjacent to an activating group) is 1. The van der Waals surface area contributed by atoms with Crippen molar-refractivity contribution in [3.63, 3.8) is 0 Å². The van der Waals surface area contributed by atoms with Crippen molar-refractivity contribution in [2.24, 2.45) is 5.92 Å². The molecular weight excluding hydrogens is 202 g/mol. The van der Waals surface area contributed by atoms with Crippen LogP contribution in [0.4, 0.5) is 0 Å². The lowest BCUT2D eigenvalue weighted by molar-refractivity contribution is -0.144. The molecule has 1 N–H and O–H groups in total. The average molecular weight is 227 g/mol. The molecule has 3 heteroatoms. The summed E-state index contributed by atoms with van der Waals surface area (Å²) in [6.45, 7) is 4.18. The van der Waals surface area contributed by atoms with E-state index in [-0.39, 0.29) is 6.04 Å². The molecule has 0 aromatic rings. The van der Waals surface area contributed by atoms with Crippen LogP contribution in [0.25, 0.3) is 0 Å². The van der Waals surface area contributed by atoms with E-state index in [1.54, 1.807) is 0 Å². The molecule has 1 fully saturated rings. The van der Waals surface area contributed by atoms with Gasteiger partial charge in [0.25, 0.3) is 0 Å². The minimum atomic E-state index is -0.665. The largest absolute Gasteiger partial charge is 0.480 e. The molecule has 0 unspecified atom stereocenters. The third kappa shape index (κ3) is 3.78. The Hall–Kier alpha value is -0.570. The van der Waals surface area contributed by atoms with E-state index < -0.39 is 5.97 Å². The molecular formula is C13H25NO2. The predicted octanol–water partition coefficient (Wildman–Crippen LogP) is 2.75. The first kappa shape index (κ1) is 13.5. The zero-order valence-corrected chi connectivity index (χ0v) is 10.8. The zero-order chi connectivity index (χ0) is 12.1. The van der Waals surface area contributed by atoms with Gasteiger partial charge in [-0.2, -0.15) is 0 Å². The van der Waals surface area contributed by atoms with Gasteiger partial charge >= 0.3 is 5.97 Å². The Morgan fingerprint density at radius 1 is 1.31 bits per heavy atom. The fraction of sp³-hybridized carbons (Fsp3) is 0.923. The highest BCUT2D eigenvalue weighted by Gasteiger charge is 2.29. The van der Waals surface area contributed by atoms with Gasteiger partial charge in [-0.05, 0) is 32.2 Å². The predicted molar refractivity (Wildman–Crippen MR) is 65.5 cm³/mol. The van der Waals surface area contributed by atoms with Gasteiger partial charge in [0.15, 0.2) is 0 Å². The smallest absolute Gasteiger partial charge is 0.320 e. The highest BCUT2D eigenvalue weighted by Crippen LogP contribution is 2.24. The van der Waals surface area contributed by atoms with Gasteiger partial charge in [-0.25, -0.2) is 0 Å². The Morgan fingerprint density at radius 3 is 2.31 bits per heavy atom. The Balaban J connectivity index is 2.58. The summed E-state index contributed by atoms with van der Waals surface area (Å²) in [5.74, 6) is -0.228. The van der Waals surface area contributed by atoms with E-state index in [1.165, 1.54) is 32.1 Å². The van der Waals surface area contributed by atoms with Crippen molar-refractivity contribution in [3.8, 4) is 0 Å². The van der Waals surface area contributed by atoms with Gasteiger partial charge in [-0.15, -0.1) is 0 Å². The topological polar surface area (TPSA) is 40.5 Å². The van der Waals surface area contributed by atoms with Gasteiger partial charge in [-0.1, -0.05) is 33.1 Å². The van der Waals surface area contributed by atoms with Crippen LogP contribution in [-0.4, -0.2) is 35.1 Å². The summed E-state index contributed by atoms with van der Waals surface area (Å²) in [5.41, 5.74) is 0. The molecule has 0 aromatic carbocycles. The SMILES string of the molecule is CC(C)C[C@@H](C(=O)O)N(C)C1CCCCC1. The lowest BCUT2D eigenvalue weighted by Gasteiger charge is -2.35. The van der Waals surface area contributed by atoms with Crippen LogP contribution in [0.3, 0.4) is 0 Å². The number of hydrogen-bond donors (Lipinski definition) is 1. The van der Waals surface area contributed by atoms with Gasteiger partial charge < -0.3 is 5.11 Å². The highest BCUT2D eigenvalue weighted by molar-refractivity contribution is 5.73. The number of carboxylic acids is 1. The molecule has 3 nitrogen and oxygen atoms in total. The second kappa shape index (κ2) is 6.24. The van der Waals surface area contributed by atoms with E-state index in [2.05, 4.69) is 18.7 Å². The summed E-state index contributed by atoms with van der Waals surface area (Å²) in [7, 11) is 1.98. The molecule has 94 valence electrons. The van der Waals surface area contributed by atoms with Crippen LogP contribution in [0.5, 0.6) is 0 Å². The fourth-order valence-corrected chi connectivity index (χ4v) is 2.63. The van der Waals surface area contributed by atoms with Crippen molar-refractivity contribution >= 4 is 5.97 Å². The number of nitrogens with zero attached hydrogens (tertiary/aromatic N) is 1. The second-order valence-electron chi connectivity index (χ2n) is 5.44. The number of carboxylic acid groups (broad SMARTS) is 1. The van der Waals surface area contributed by atoms with Crippen LogP contribution in [0.15, 0.2) is 0 Å². The van der Waals surface area contributed by atoms with E-state index in [4.69, 9.17) is 0 Å². The zero-order valence-electron chi connectivity index (χ0n) is 10.8. The van der Waals surface area contributed by atoms with Crippen molar-refractivity contribution in [1.29, 1.82) is 0 Å². The first-order chi connectivity index (χ1) is 7.52. The summed E-state index contributed by atoms with van der Waals surface area (Å²) >= 11 is 0. The van der Waals surface area contributed by atoms with Crippen LogP contribution in [-0.2, 0) is 4.79 Å². The van der Waals surface area contributed by atoms with E-state index >= 15 is 0 Å². The third-order valence-electron chi connectivity index (χ3n) is 3.62. The number of carbonyl (C=O) groups is 1. The molecule has 1 aliphatic rings. The number of rotatable bonds is 5. The lowest BCUT2D eigenvalue weighted by Crippen LogP contribution is -2.46. The van der Waals surface area contributed by atoms with E-state index in [1.807, 2.05) is 7.05 Å². The molecule has 0 saturated heterocycles. The Kier molecular flexibility index (Phi) is 5.26. The van der Waals surface area contributed by atoms with Crippen LogP contribution in [0, 0.1) is 5.92 Å². The standard InChI is InChI=1S/C13H25NO2/c1-10(2)9-12(13(15)16)14(3)11-7-5-4-6-8-11/h10-12H,4-9H2,1-3H3,(H,15,16)/t12-/m0/s1. The first-order valence-electron chi connectivity index (χ1n) is 6.47. The van der Waals surface area contributed by atoms with E-state index in [0.29, 0.717) is 12.0 Å². The quantitative estimate of drug-likeness (QED) is 0.785. The second-order valence-corrected chi connectivity index (χ2v) is 5.44. The van der Waals surface area contributed by atoms with E-state index in [9.17, 15) is 9.90 Å². The van der Waals surface area contributed by atoms with Crippen molar-refractivity contribution in [2.75, 3.05) is 7.05 Å². The van der Waals surface area contributed by atoms with Crippen molar-refractivity contribution in [2.45, 2.75) is 64.5 Å². The number of aliphatic carboxylic acids is 1. The van der Waals surface area contributed by atoms with Gasteiger partial charge in [0.05, 0.1) is 0 Å². The maximum Gasteiger partial charge on any atom is 0.320 e. The molecule has 1 aliphatic carbocycles. The number of hydrogen-bond acceptors (Lipinski definition) is 2. The van der Waals surface area contributed by atoms with Crippen molar-refractivity contribution in [1.82, 2.24) is 4.90 Å². The van der Waals surface area contributed by atoms with Crippen LogP contribution in [0.2, 0.25) is 0 Å². The maximum absolute atomic E-state index is 11.3. The molecule has 16 heavy (non-hydrogen) atoms. The fourth-order valence-electron chi connectivity index (χ4n) is 2.63. The molecule has 1 rings (SSSR count). The van der Waals surface area contributed by atoms with Gasteiger partial charge in [-0.3, -0.25) is 9.69 Å². The summed E-state index contributed by atoms with van der Waals surface area (Å²) < 4.78 is 0. The Labute approximate surface area is 98.8 Å². The molecule has 1 saturated carbocycles. The van der Waals surface area contributed by atoms with Crippen LogP contribution < -0.4 is 0 Å². The van der Waals surface area contributed by atoms with Crippen molar-refractivity contribution < 1.29 is 9.90 Å². The van der Waals surface area contributed by atoms with Crippen LogP contribution >= 0.6 is 0 Å². The third-order valence-corrected chi connectivity index (χ3v) is 3.62. The molecule has 0 aromatic heterocycles. The summed E-state index contributed by atoms with van der Waals surface area (Å²) in [5, 5.41) is 9.28. The molecule has 1 atom stereocenters. The summed E-state index contributed by atoms with van der Waals surface area (Å²) in [6.07, 6.45) is 6.90. The average Bonchev–Trinajstić information content (AvgIpc) is 2.25. The molecule has 0 heterocycles. The summed E-state index contributed by atoms with van der Waals surface area (Å²) in [4.78, 5) is 13.4. The summed E-state index contributed by atoms with van der Waals surface area (Å²) in [6, 6.07) is 0.177. The minimum Gasteiger partial charge on any atom is -0.480 e. The molecule has 0 amide bonds. The molecule has 0 bridgehead atoms. The maximum atomic E-state index is 11.3. The van der Waals surface area contributed by atoms with E-state index in [0.717, 1.165) is 6.42 Å². The first-order valence-corrected chi connectivity index (χ1v) is 6.47. The van der Waals surface area contributed by atoms with Crippen molar-refractivity contribution in [3.05, 3.63) is 0 Å². The normalized spacial score (nSPS) is 20.3. The highest BCUT2D eigenvalue weighted by atomic mass is 16.4. The Morgan fingerprint density at radius 2 is 1.88 bits per heavy atom. The molecule has 0 aliphatic heterocycles. The Bertz CT molecular complexity index is 222. The van der Waals surface area contributed by atoms with Gasteiger partial charge in [0.1, 0.15) is 6.04 Å². The van der Waals surface area contributed by atoms with Crippen LogP contribution in [0.1, 0.15) is 52.4 Å². The minimum absolute atomic E-state index is 0.303. The molecule has 0 spiro atoms. The van der Waals surface area contributed by atoms with Gasteiger partial charge in [0.2, 0.25) is 0 Å². The van der Waals surface area contributed by atoms with Gasteiger partial charge in [0, 0.05) is 6.04 Å².